The summed E-state index contributed by atoms with van der Waals surface area (Å²) in [5.74, 6) is 0.454. The molecule has 4 nitrogen and oxygen atoms in total. The maximum absolute atomic E-state index is 10.8. The summed E-state index contributed by atoms with van der Waals surface area (Å²) >= 11 is 0. The first kappa shape index (κ1) is 11.5. The van der Waals surface area contributed by atoms with E-state index in [0.29, 0.717) is 11.5 Å². The molecule has 1 aliphatic rings. The molecule has 0 bridgehead atoms. The van der Waals surface area contributed by atoms with Crippen LogP contribution in [-0.4, -0.2) is 23.8 Å². The minimum absolute atomic E-state index is 0.0693. The summed E-state index contributed by atoms with van der Waals surface area (Å²) in [6.07, 6.45) is 3.58. The number of ether oxygens (including phenoxy) is 2. The van der Waals surface area contributed by atoms with Crippen LogP contribution in [0.3, 0.4) is 0 Å². The smallest absolute Gasteiger partial charge is 0.307 e. The lowest BCUT2D eigenvalue weighted by atomic mass is 9.97. The van der Waals surface area contributed by atoms with Crippen molar-refractivity contribution in [2.75, 3.05) is 7.11 Å². The zero-order valence-corrected chi connectivity index (χ0v) is 9.77. The largest absolute Gasteiger partial charge is 0.497 e. The van der Waals surface area contributed by atoms with Crippen LogP contribution in [0.4, 0.5) is 0 Å². The standard InChI is InChI=1S/C13H14O4/c1-13(8-12(14)15)6-5-9-3-4-10(16-2)7-11(9)17-13/h3-7H,8H2,1-2H3,(H,14,15). The summed E-state index contributed by atoms with van der Waals surface area (Å²) < 4.78 is 10.8. The molecule has 0 fully saturated rings. The predicted molar refractivity (Wildman–Crippen MR) is 63.3 cm³/mol. The van der Waals surface area contributed by atoms with Crippen molar-refractivity contribution in [3.63, 3.8) is 0 Å². The molecule has 17 heavy (non-hydrogen) atoms. The molecule has 0 radical (unpaired) electrons. The predicted octanol–water partition coefficient (Wildman–Crippen LogP) is 2.33. The van der Waals surface area contributed by atoms with Gasteiger partial charge in [0.2, 0.25) is 0 Å². The fourth-order valence-corrected chi connectivity index (χ4v) is 1.81. The number of carboxylic acid groups (broad SMARTS) is 1. The number of hydrogen-bond acceptors (Lipinski definition) is 3. The van der Waals surface area contributed by atoms with E-state index in [2.05, 4.69) is 0 Å². The van der Waals surface area contributed by atoms with Gasteiger partial charge in [0, 0.05) is 11.6 Å². The number of aliphatic carboxylic acids is 1. The van der Waals surface area contributed by atoms with Crippen molar-refractivity contribution in [3.8, 4) is 11.5 Å². The lowest BCUT2D eigenvalue weighted by Gasteiger charge is -2.30. The zero-order valence-electron chi connectivity index (χ0n) is 9.77. The molecular formula is C13H14O4. The van der Waals surface area contributed by atoms with Crippen molar-refractivity contribution in [1.82, 2.24) is 0 Å². The van der Waals surface area contributed by atoms with Crippen molar-refractivity contribution in [3.05, 3.63) is 29.8 Å². The second-order valence-electron chi connectivity index (χ2n) is 4.22. The fraction of sp³-hybridized carbons (Fsp3) is 0.308. The molecule has 0 saturated carbocycles. The lowest BCUT2D eigenvalue weighted by Crippen LogP contribution is -2.34. The van der Waals surface area contributed by atoms with Crippen LogP contribution in [-0.2, 0) is 4.79 Å². The van der Waals surface area contributed by atoms with E-state index in [4.69, 9.17) is 14.6 Å². The van der Waals surface area contributed by atoms with Crippen molar-refractivity contribution in [2.24, 2.45) is 0 Å². The highest BCUT2D eigenvalue weighted by atomic mass is 16.5. The number of methoxy groups -OCH3 is 1. The van der Waals surface area contributed by atoms with E-state index >= 15 is 0 Å². The lowest BCUT2D eigenvalue weighted by molar-refractivity contribution is -0.140. The van der Waals surface area contributed by atoms with E-state index in [1.165, 1.54) is 0 Å². The van der Waals surface area contributed by atoms with Crippen LogP contribution < -0.4 is 9.47 Å². The molecule has 2 rings (SSSR count). The number of rotatable bonds is 3. The van der Waals surface area contributed by atoms with Crippen molar-refractivity contribution >= 4 is 12.0 Å². The third-order valence-electron chi connectivity index (χ3n) is 2.68. The van der Waals surface area contributed by atoms with Gasteiger partial charge in [-0.2, -0.15) is 0 Å². The molecule has 0 aromatic heterocycles. The second kappa shape index (κ2) is 4.13. The van der Waals surface area contributed by atoms with Gasteiger partial charge in [-0.15, -0.1) is 0 Å². The Hall–Kier alpha value is -1.97. The molecular weight excluding hydrogens is 220 g/mol. The van der Waals surface area contributed by atoms with Gasteiger partial charge in [0.1, 0.15) is 17.1 Å². The van der Waals surface area contributed by atoms with Crippen LogP contribution in [0.5, 0.6) is 11.5 Å². The van der Waals surface area contributed by atoms with E-state index in [-0.39, 0.29) is 6.42 Å². The summed E-state index contributed by atoms with van der Waals surface area (Å²) in [5, 5.41) is 8.84. The van der Waals surface area contributed by atoms with E-state index in [9.17, 15) is 4.79 Å². The monoisotopic (exact) mass is 234 g/mol. The number of fused-ring (bicyclic) bond motifs is 1. The molecule has 1 heterocycles. The third-order valence-corrected chi connectivity index (χ3v) is 2.68. The molecule has 1 aliphatic heterocycles. The SMILES string of the molecule is COc1ccc2c(c1)OC(C)(CC(=O)O)C=C2. The van der Waals surface area contributed by atoms with Crippen LogP contribution in [0.25, 0.3) is 6.08 Å². The third kappa shape index (κ3) is 2.41. The van der Waals surface area contributed by atoms with Crippen LogP contribution in [0.1, 0.15) is 18.9 Å². The first-order valence-corrected chi connectivity index (χ1v) is 5.30. The first-order valence-electron chi connectivity index (χ1n) is 5.30. The van der Waals surface area contributed by atoms with Gasteiger partial charge in [0.15, 0.2) is 0 Å². The Morgan fingerprint density at radius 2 is 2.29 bits per heavy atom. The molecule has 0 aliphatic carbocycles. The van der Waals surface area contributed by atoms with E-state index < -0.39 is 11.6 Å². The molecule has 4 heteroatoms. The summed E-state index contributed by atoms with van der Waals surface area (Å²) in [6.45, 7) is 1.75. The van der Waals surface area contributed by atoms with Gasteiger partial charge in [-0.25, -0.2) is 0 Å². The van der Waals surface area contributed by atoms with Crippen molar-refractivity contribution < 1.29 is 19.4 Å². The van der Waals surface area contributed by atoms with Crippen LogP contribution in [0, 0.1) is 0 Å². The van der Waals surface area contributed by atoms with Gasteiger partial charge in [-0.1, -0.05) is 6.08 Å². The van der Waals surface area contributed by atoms with Crippen LogP contribution in [0.15, 0.2) is 24.3 Å². The Kier molecular flexibility index (Phi) is 2.79. The topological polar surface area (TPSA) is 55.8 Å². The van der Waals surface area contributed by atoms with Crippen molar-refractivity contribution in [2.45, 2.75) is 18.9 Å². The fourth-order valence-electron chi connectivity index (χ4n) is 1.81. The Morgan fingerprint density at radius 3 is 2.94 bits per heavy atom. The maximum Gasteiger partial charge on any atom is 0.307 e. The number of carbonyl (C=O) groups is 1. The molecule has 1 aromatic carbocycles. The molecule has 0 spiro atoms. The first-order chi connectivity index (χ1) is 8.02. The van der Waals surface area contributed by atoms with E-state index in [1.54, 1.807) is 26.2 Å². The highest BCUT2D eigenvalue weighted by molar-refractivity contribution is 5.71. The van der Waals surface area contributed by atoms with Gasteiger partial charge in [-0.05, 0) is 25.1 Å². The summed E-state index contributed by atoms with van der Waals surface area (Å²) in [4.78, 5) is 10.8. The molecule has 0 amide bonds. The Morgan fingerprint density at radius 1 is 1.53 bits per heavy atom. The van der Waals surface area contributed by atoms with Gasteiger partial charge in [0.25, 0.3) is 0 Å². The second-order valence-corrected chi connectivity index (χ2v) is 4.22. The normalized spacial score (nSPS) is 21.5. The van der Waals surface area contributed by atoms with E-state index in [0.717, 1.165) is 5.56 Å². The Labute approximate surface area is 99.5 Å². The Bertz CT molecular complexity index is 478. The van der Waals surface area contributed by atoms with Gasteiger partial charge >= 0.3 is 5.97 Å². The molecule has 1 aromatic rings. The number of carboxylic acids is 1. The van der Waals surface area contributed by atoms with Crippen molar-refractivity contribution in [1.29, 1.82) is 0 Å². The number of benzene rings is 1. The summed E-state index contributed by atoms with van der Waals surface area (Å²) in [7, 11) is 1.58. The molecule has 1 N–H and O–H groups in total. The Balaban J connectivity index is 2.30. The van der Waals surface area contributed by atoms with Gasteiger partial charge < -0.3 is 14.6 Å². The minimum Gasteiger partial charge on any atom is -0.497 e. The van der Waals surface area contributed by atoms with Crippen LogP contribution >= 0.6 is 0 Å². The van der Waals surface area contributed by atoms with Crippen LogP contribution in [0.2, 0.25) is 0 Å². The zero-order chi connectivity index (χ0) is 12.5. The average Bonchev–Trinajstić information content (AvgIpc) is 2.26. The molecule has 0 saturated heterocycles. The minimum atomic E-state index is -0.886. The summed E-state index contributed by atoms with van der Waals surface area (Å²) in [6, 6.07) is 5.48. The average molecular weight is 234 g/mol. The van der Waals surface area contributed by atoms with Gasteiger partial charge in [-0.3, -0.25) is 4.79 Å². The highest BCUT2D eigenvalue weighted by Gasteiger charge is 2.30. The maximum atomic E-state index is 10.8. The van der Waals surface area contributed by atoms with E-state index in [1.807, 2.05) is 18.2 Å². The highest BCUT2D eigenvalue weighted by Crippen LogP contribution is 2.35. The molecule has 90 valence electrons. The molecule has 1 unspecified atom stereocenters. The van der Waals surface area contributed by atoms with Gasteiger partial charge in [0.05, 0.1) is 13.5 Å². The molecule has 1 atom stereocenters. The quantitative estimate of drug-likeness (QED) is 0.872. The summed E-state index contributed by atoms with van der Waals surface area (Å²) in [5.41, 5.74) is 0.124. The number of hydrogen-bond donors (Lipinski definition) is 1.